The quantitative estimate of drug-likeness (QED) is 0.524. The van der Waals surface area contributed by atoms with E-state index in [1.165, 1.54) is 0 Å². The Kier molecular flexibility index (Phi) is 4.23. The molecule has 0 unspecified atom stereocenters. The van der Waals surface area contributed by atoms with Gasteiger partial charge in [-0.3, -0.25) is 4.98 Å². The van der Waals surface area contributed by atoms with Gasteiger partial charge in [0.05, 0.1) is 25.4 Å². The van der Waals surface area contributed by atoms with Gasteiger partial charge in [-0.25, -0.2) is 4.98 Å². The van der Waals surface area contributed by atoms with E-state index >= 15 is 0 Å². The van der Waals surface area contributed by atoms with Gasteiger partial charge in [0.15, 0.2) is 11.5 Å². The van der Waals surface area contributed by atoms with Crippen LogP contribution in [-0.2, 0) is 0 Å². The Hall–Kier alpha value is -3.40. The zero-order valence-corrected chi connectivity index (χ0v) is 14.6. The van der Waals surface area contributed by atoms with E-state index in [9.17, 15) is 0 Å². The number of aromatic nitrogens is 2. The predicted octanol–water partition coefficient (Wildman–Crippen LogP) is 4.98. The summed E-state index contributed by atoms with van der Waals surface area (Å²) in [6, 6.07) is 20.2. The van der Waals surface area contributed by atoms with Crippen LogP contribution in [0.3, 0.4) is 0 Å². The maximum Gasteiger partial charge on any atom is 0.162 e. The molecule has 2 aromatic heterocycles. The minimum absolute atomic E-state index is 0.662. The van der Waals surface area contributed by atoms with Gasteiger partial charge in [-0.05, 0) is 35.4 Å². The van der Waals surface area contributed by atoms with E-state index in [0.717, 1.165) is 33.3 Å². The first-order chi connectivity index (χ1) is 12.8. The molecule has 26 heavy (non-hydrogen) atoms. The van der Waals surface area contributed by atoms with Gasteiger partial charge in [-0.1, -0.05) is 30.3 Å². The number of hydrogen-bond donors (Lipinski definition) is 0. The molecule has 128 valence electrons. The number of hydrogen-bond acceptors (Lipinski definition) is 4. The molecule has 4 rings (SSSR count). The summed E-state index contributed by atoms with van der Waals surface area (Å²) in [4.78, 5) is 9.06. The van der Waals surface area contributed by atoms with E-state index in [-0.39, 0.29) is 0 Å². The van der Waals surface area contributed by atoms with Gasteiger partial charge < -0.3 is 9.47 Å². The van der Waals surface area contributed by atoms with Crippen molar-refractivity contribution in [1.82, 2.24) is 9.97 Å². The first-order valence-electron chi connectivity index (χ1n) is 8.33. The molecule has 4 aromatic rings. The fourth-order valence-electron chi connectivity index (χ4n) is 3.07. The molecule has 0 bridgehead atoms. The van der Waals surface area contributed by atoms with Gasteiger partial charge >= 0.3 is 0 Å². The van der Waals surface area contributed by atoms with Gasteiger partial charge in [0.25, 0.3) is 0 Å². The number of nitrogens with zero attached hydrogens (tertiary/aromatic N) is 2. The Morgan fingerprint density at radius 2 is 1.50 bits per heavy atom. The average Bonchev–Trinajstić information content (AvgIpc) is 2.73. The van der Waals surface area contributed by atoms with Crippen LogP contribution in [0.25, 0.3) is 33.3 Å². The fraction of sp³-hybridized carbons (Fsp3) is 0.0909. The Bertz CT molecular complexity index is 1050. The van der Waals surface area contributed by atoms with Crippen molar-refractivity contribution in [2.24, 2.45) is 0 Å². The molecular weight excluding hydrogens is 324 g/mol. The molecule has 2 aromatic carbocycles. The molecule has 0 aliphatic heterocycles. The van der Waals surface area contributed by atoms with Crippen molar-refractivity contribution in [3.05, 3.63) is 73.1 Å². The lowest BCUT2D eigenvalue weighted by atomic mass is 9.98. The SMILES string of the molecule is COc1cc2nc(-c3cccnc3)cc(-c3ccccc3)c2cc1OC. The summed E-state index contributed by atoms with van der Waals surface area (Å²) >= 11 is 0. The molecule has 0 saturated heterocycles. The van der Waals surface area contributed by atoms with Crippen molar-refractivity contribution in [3.63, 3.8) is 0 Å². The zero-order chi connectivity index (χ0) is 17.9. The minimum atomic E-state index is 0.662. The average molecular weight is 342 g/mol. The number of ether oxygens (including phenoxy) is 2. The van der Waals surface area contributed by atoms with Crippen molar-refractivity contribution in [1.29, 1.82) is 0 Å². The van der Waals surface area contributed by atoms with Gasteiger partial charge in [0.1, 0.15) is 0 Å². The molecule has 0 atom stereocenters. The van der Waals surface area contributed by atoms with E-state index < -0.39 is 0 Å². The zero-order valence-electron chi connectivity index (χ0n) is 14.6. The second-order valence-electron chi connectivity index (χ2n) is 5.89. The second-order valence-corrected chi connectivity index (χ2v) is 5.89. The lowest BCUT2D eigenvalue weighted by Gasteiger charge is -2.14. The smallest absolute Gasteiger partial charge is 0.162 e. The van der Waals surface area contributed by atoms with E-state index in [4.69, 9.17) is 14.5 Å². The Labute approximate surface area is 152 Å². The molecule has 4 nitrogen and oxygen atoms in total. The van der Waals surface area contributed by atoms with Crippen LogP contribution < -0.4 is 9.47 Å². The molecule has 0 amide bonds. The number of benzene rings is 2. The minimum Gasteiger partial charge on any atom is -0.493 e. The predicted molar refractivity (Wildman–Crippen MR) is 104 cm³/mol. The summed E-state index contributed by atoms with van der Waals surface area (Å²) in [7, 11) is 3.27. The Morgan fingerprint density at radius 1 is 0.769 bits per heavy atom. The molecule has 0 aliphatic carbocycles. The molecule has 0 N–H and O–H groups in total. The molecule has 4 heteroatoms. The van der Waals surface area contributed by atoms with Crippen LogP contribution in [0.2, 0.25) is 0 Å². The van der Waals surface area contributed by atoms with Crippen molar-refractivity contribution in [2.45, 2.75) is 0 Å². The number of methoxy groups -OCH3 is 2. The highest BCUT2D eigenvalue weighted by molar-refractivity contribution is 5.98. The number of fused-ring (bicyclic) bond motifs is 1. The molecule has 0 spiro atoms. The van der Waals surface area contributed by atoms with Crippen molar-refractivity contribution >= 4 is 10.9 Å². The Balaban J connectivity index is 2.05. The number of rotatable bonds is 4. The number of pyridine rings is 2. The maximum atomic E-state index is 5.49. The van der Waals surface area contributed by atoms with Crippen molar-refractivity contribution < 1.29 is 9.47 Å². The summed E-state index contributed by atoms with van der Waals surface area (Å²) in [6.07, 6.45) is 3.58. The van der Waals surface area contributed by atoms with Crippen LogP contribution in [0.15, 0.2) is 73.1 Å². The van der Waals surface area contributed by atoms with E-state index in [1.54, 1.807) is 20.4 Å². The van der Waals surface area contributed by atoms with Gasteiger partial charge in [0.2, 0.25) is 0 Å². The monoisotopic (exact) mass is 342 g/mol. The van der Waals surface area contributed by atoms with Gasteiger partial charge in [-0.2, -0.15) is 0 Å². The van der Waals surface area contributed by atoms with Crippen molar-refractivity contribution in [2.75, 3.05) is 14.2 Å². The van der Waals surface area contributed by atoms with E-state index in [1.807, 2.05) is 48.7 Å². The van der Waals surface area contributed by atoms with Crippen LogP contribution in [0.5, 0.6) is 11.5 Å². The van der Waals surface area contributed by atoms with E-state index in [2.05, 4.69) is 23.2 Å². The second kappa shape index (κ2) is 6.84. The highest BCUT2D eigenvalue weighted by Crippen LogP contribution is 2.38. The van der Waals surface area contributed by atoms with E-state index in [0.29, 0.717) is 11.5 Å². The van der Waals surface area contributed by atoms with Crippen LogP contribution in [-0.4, -0.2) is 24.2 Å². The lowest BCUT2D eigenvalue weighted by molar-refractivity contribution is 0.356. The standard InChI is InChI=1S/C22H18N2O2/c1-25-21-12-18-17(15-7-4-3-5-8-15)11-19(16-9-6-10-23-14-16)24-20(18)13-22(21)26-2/h3-14H,1-2H3. The molecule has 0 aliphatic rings. The summed E-state index contributed by atoms with van der Waals surface area (Å²) in [5.41, 5.74) is 4.91. The largest absolute Gasteiger partial charge is 0.493 e. The third-order valence-electron chi connectivity index (χ3n) is 4.36. The molecule has 2 heterocycles. The highest BCUT2D eigenvalue weighted by Gasteiger charge is 2.14. The lowest BCUT2D eigenvalue weighted by Crippen LogP contribution is -1.94. The highest BCUT2D eigenvalue weighted by atomic mass is 16.5. The topological polar surface area (TPSA) is 44.2 Å². The van der Waals surface area contributed by atoms with Gasteiger partial charge in [-0.15, -0.1) is 0 Å². The van der Waals surface area contributed by atoms with Crippen LogP contribution >= 0.6 is 0 Å². The van der Waals surface area contributed by atoms with Crippen LogP contribution in [0.4, 0.5) is 0 Å². The fourth-order valence-corrected chi connectivity index (χ4v) is 3.07. The molecule has 0 radical (unpaired) electrons. The maximum absolute atomic E-state index is 5.49. The first-order valence-corrected chi connectivity index (χ1v) is 8.33. The third kappa shape index (κ3) is 2.86. The summed E-state index contributed by atoms with van der Waals surface area (Å²) < 4.78 is 10.9. The Morgan fingerprint density at radius 3 is 2.19 bits per heavy atom. The van der Waals surface area contributed by atoms with Crippen LogP contribution in [0, 0.1) is 0 Å². The molecule has 0 fully saturated rings. The summed E-state index contributed by atoms with van der Waals surface area (Å²) in [5.74, 6) is 1.35. The van der Waals surface area contributed by atoms with Crippen LogP contribution in [0.1, 0.15) is 0 Å². The first kappa shape index (κ1) is 16.1. The summed E-state index contributed by atoms with van der Waals surface area (Å²) in [5, 5.41) is 1.02. The summed E-state index contributed by atoms with van der Waals surface area (Å²) in [6.45, 7) is 0. The third-order valence-corrected chi connectivity index (χ3v) is 4.36. The molecule has 0 saturated carbocycles. The normalized spacial score (nSPS) is 10.7. The van der Waals surface area contributed by atoms with Crippen molar-refractivity contribution in [3.8, 4) is 33.9 Å². The molecular formula is C22H18N2O2. The van der Waals surface area contributed by atoms with Gasteiger partial charge in [0, 0.05) is 29.4 Å².